The van der Waals surface area contributed by atoms with Gasteiger partial charge in [-0.15, -0.1) is 5.10 Å². The fourth-order valence-corrected chi connectivity index (χ4v) is 5.52. The van der Waals surface area contributed by atoms with Crippen LogP contribution < -0.4 is 9.80 Å². The van der Waals surface area contributed by atoms with Crippen molar-refractivity contribution in [3.8, 4) is 0 Å². The second-order valence-corrected chi connectivity index (χ2v) is 9.71. The van der Waals surface area contributed by atoms with Crippen molar-refractivity contribution in [2.24, 2.45) is 5.92 Å². The number of anilines is 2. The maximum absolute atomic E-state index is 14.9. The van der Waals surface area contributed by atoms with Gasteiger partial charge in [0.05, 0.1) is 6.10 Å². The molecule has 1 N–H and O–H groups in total. The Morgan fingerprint density at radius 3 is 2.56 bits per heavy atom. The average Bonchev–Trinajstić information content (AvgIpc) is 3.31. The fraction of sp³-hybridized carbons (Fsp3) is 0.407. The van der Waals surface area contributed by atoms with Crippen LogP contribution in [-0.2, 0) is 0 Å². The highest BCUT2D eigenvalue weighted by atomic mass is 19.1. The van der Waals surface area contributed by atoms with Gasteiger partial charge in [0.2, 0.25) is 0 Å². The number of benzene rings is 1. The Morgan fingerprint density at radius 2 is 1.86 bits per heavy atom. The first-order chi connectivity index (χ1) is 17.3. The number of carbonyl (C=O) groups is 1. The van der Waals surface area contributed by atoms with Gasteiger partial charge < -0.3 is 14.9 Å². The van der Waals surface area contributed by atoms with Crippen molar-refractivity contribution in [3.63, 3.8) is 0 Å². The van der Waals surface area contributed by atoms with Crippen LogP contribution in [0, 0.1) is 31.4 Å². The molecule has 0 saturated carbocycles. The number of pyridine rings is 1. The van der Waals surface area contributed by atoms with Gasteiger partial charge in [0.15, 0.2) is 11.6 Å². The first kappa shape index (κ1) is 24.2. The highest BCUT2D eigenvalue weighted by Crippen LogP contribution is 2.39. The smallest absolute Gasteiger partial charge is 0.169 e. The van der Waals surface area contributed by atoms with Gasteiger partial charge in [-0.2, -0.15) is 5.10 Å². The minimum absolute atomic E-state index is 0.0918. The lowest BCUT2D eigenvalue weighted by Crippen LogP contribution is -2.37. The van der Waals surface area contributed by atoms with E-state index in [-0.39, 0.29) is 11.9 Å². The topological polar surface area (TPSA) is 82.5 Å². The van der Waals surface area contributed by atoms with Crippen molar-refractivity contribution in [1.29, 1.82) is 0 Å². The lowest BCUT2D eigenvalue weighted by Gasteiger charge is -2.32. The normalized spacial score (nSPS) is 20.7. The lowest BCUT2D eigenvalue weighted by molar-refractivity contribution is 0.0919. The van der Waals surface area contributed by atoms with Gasteiger partial charge in [-0.1, -0.05) is 6.07 Å². The van der Waals surface area contributed by atoms with E-state index >= 15 is 0 Å². The zero-order valence-corrected chi connectivity index (χ0v) is 20.4. The maximum Gasteiger partial charge on any atom is 0.169 e. The molecular weight excluding hydrogens is 464 g/mol. The number of Topliss-reactive ketones (excluding diaryl/α,β-unsaturated/α-hetero) is 1. The third-order valence-electron chi connectivity index (χ3n) is 7.40. The molecule has 188 valence electrons. The zero-order chi connectivity index (χ0) is 25.4. The summed E-state index contributed by atoms with van der Waals surface area (Å²) in [4.78, 5) is 22.8. The van der Waals surface area contributed by atoms with Crippen LogP contribution in [0.1, 0.15) is 45.8 Å². The molecule has 0 amide bonds. The number of halogens is 2. The van der Waals surface area contributed by atoms with Crippen LogP contribution in [0.4, 0.5) is 20.4 Å². The summed E-state index contributed by atoms with van der Waals surface area (Å²) in [6.07, 6.45) is 4.28. The van der Waals surface area contributed by atoms with E-state index in [1.807, 2.05) is 24.8 Å². The van der Waals surface area contributed by atoms with Crippen molar-refractivity contribution < 1.29 is 18.7 Å². The molecule has 1 aromatic carbocycles. The summed E-state index contributed by atoms with van der Waals surface area (Å²) in [5.74, 6) is -1.11. The number of hydrogen-bond donors (Lipinski definition) is 1. The molecule has 2 aliphatic heterocycles. The van der Waals surface area contributed by atoms with Gasteiger partial charge in [-0.05, 0) is 56.0 Å². The molecule has 0 aliphatic carbocycles. The van der Waals surface area contributed by atoms with Gasteiger partial charge in [0.25, 0.3) is 0 Å². The van der Waals surface area contributed by atoms with E-state index in [1.54, 1.807) is 18.5 Å². The van der Waals surface area contributed by atoms with E-state index in [0.29, 0.717) is 56.0 Å². The Kier molecular flexibility index (Phi) is 6.66. The summed E-state index contributed by atoms with van der Waals surface area (Å²) in [7, 11) is 0. The molecule has 3 aromatic rings. The van der Waals surface area contributed by atoms with E-state index in [0.717, 1.165) is 23.0 Å². The lowest BCUT2D eigenvalue weighted by atomic mass is 9.82. The molecule has 0 spiro atoms. The Hall–Kier alpha value is -3.46. The Labute approximate surface area is 208 Å². The number of aliphatic hydroxyl groups excluding tert-OH is 1. The number of ketones is 1. The minimum Gasteiger partial charge on any atom is -0.393 e. The fourth-order valence-electron chi connectivity index (χ4n) is 5.52. The number of aliphatic hydroxyl groups is 1. The Bertz CT molecular complexity index is 1260. The highest BCUT2D eigenvalue weighted by molar-refractivity contribution is 6.02. The first-order valence-corrected chi connectivity index (χ1v) is 12.2. The zero-order valence-electron chi connectivity index (χ0n) is 20.4. The maximum atomic E-state index is 14.9. The molecule has 4 heterocycles. The molecule has 2 aliphatic rings. The number of carbonyl (C=O) groups excluding carboxylic acids is 1. The summed E-state index contributed by atoms with van der Waals surface area (Å²) in [6.45, 7) is 5.79. The number of piperidine rings is 1. The largest absolute Gasteiger partial charge is 0.393 e. The van der Waals surface area contributed by atoms with Crippen LogP contribution in [0.5, 0.6) is 0 Å². The van der Waals surface area contributed by atoms with Gasteiger partial charge >= 0.3 is 0 Å². The Balaban J connectivity index is 1.53. The van der Waals surface area contributed by atoms with Gasteiger partial charge in [-0.25, -0.2) is 13.8 Å². The second-order valence-electron chi connectivity index (χ2n) is 9.71. The molecule has 2 fully saturated rings. The summed E-state index contributed by atoms with van der Waals surface area (Å²) in [5, 5.41) is 18.0. The molecular formula is C27H29F2N5O2. The molecule has 36 heavy (non-hydrogen) atoms. The molecule has 5 rings (SSSR count). The van der Waals surface area contributed by atoms with Gasteiger partial charge in [-0.3, -0.25) is 4.79 Å². The van der Waals surface area contributed by atoms with Crippen LogP contribution in [0.2, 0.25) is 0 Å². The quantitative estimate of drug-likeness (QED) is 0.541. The third-order valence-corrected chi connectivity index (χ3v) is 7.40. The monoisotopic (exact) mass is 493 g/mol. The number of nitrogens with zero attached hydrogens (tertiary/aromatic N) is 5. The SMILES string of the molecule is Cc1cnc(N2CCC(O)CC2)c(C)c1C(=O)[C@@H]1CN(c2cccnn2)C[C@H]1c1ccc(F)cc1F. The highest BCUT2D eigenvalue weighted by Gasteiger charge is 2.41. The van der Waals surface area contributed by atoms with Crippen LogP contribution in [0.3, 0.4) is 0 Å². The molecule has 2 atom stereocenters. The van der Waals surface area contributed by atoms with E-state index < -0.39 is 23.5 Å². The molecule has 2 aromatic heterocycles. The van der Waals surface area contributed by atoms with E-state index in [9.17, 15) is 18.7 Å². The number of aromatic nitrogens is 3. The van der Waals surface area contributed by atoms with E-state index in [2.05, 4.69) is 20.1 Å². The van der Waals surface area contributed by atoms with Crippen LogP contribution in [0.15, 0.2) is 42.7 Å². The number of rotatable bonds is 5. The molecule has 0 bridgehead atoms. The molecule has 0 unspecified atom stereocenters. The summed E-state index contributed by atoms with van der Waals surface area (Å²) < 4.78 is 28.6. The van der Waals surface area contributed by atoms with Gasteiger partial charge in [0.1, 0.15) is 17.5 Å². The standard InChI is InChI=1S/C27H29F2N5O2/c1-16-13-30-27(33-10-7-19(35)8-11-33)17(2)25(16)26(36)22-15-34(24-4-3-9-31-32-24)14-21(22)20-6-5-18(28)12-23(20)29/h3-6,9,12-13,19,21-22,35H,7-8,10-11,14-15H2,1-2H3/t21-,22+/m0/s1. The second kappa shape index (κ2) is 9.89. The first-order valence-electron chi connectivity index (χ1n) is 12.2. The predicted octanol–water partition coefficient (Wildman–Crippen LogP) is 3.83. The van der Waals surface area contributed by atoms with E-state index in [1.165, 1.54) is 12.1 Å². The molecule has 2 saturated heterocycles. The summed E-state index contributed by atoms with van der Waals surface area (Å²) >= 11 is 0. The van der Waals surface area contributed by atoms with Gasteiger partial charge in [0, 0.05) is 67.6 Å². The van der Waals surface area contributed by atoms with Crippen molar-refractivity contribution in [3.05, 3.63) is 76.6 Å². The van der Waals surface area contributed by atoms with Crippen molar-refractivity contribution >= 4 is 17.4 Å². The third kappa shape index (κ3) is 4.55. The summed E-state index contributed by atoms with van der Waals surface area (Å²) in [5.41, 5.74) is 2.45. The van der Waals surface area contributed by atoms with Crippen LogP contribution >= 0.6 is 0 Å². The van der Waals surface area contributed by atoms with Crippen LogP contribution in [0.25, 0.3) is 0 Å². The van der Waals surface area contributed by atoms with Crippen molar-refractivity contribution in [2.45, 2.75) is 38.7 Å². The molecule has 0 radical (unpaired) electrons. The Morgan fingerprint density at radius 1 is 1.08 bits per heavy atom. The summed E-state index contributed by atoms with van der Waals surface area (Å²) in [6, 6.07) is 7.12. The number of hydrogen-bond acceptors (Lipinski definition) is 7. The molecule has 9 heteroatoms. The van der Waals surface area contributed by atoms with E-state index in [4.69, 9.17) is 0 Å². The predicted molar refractivity (Wildman–Crippen MR) is 132 cm³/mol. The molecule has 7 nitrogen and oxygen atoms in total. The van der Waals surface area contributed by atoms with Crippen molar-refractivity contribution in [2.75, 3.05) is 36.0 Å². The average molecular weight is 494 g/mol. The van der Waals surface area contributed by atoms with Crippen molar-refractivity contribution in [1.82, 2.24) is 15.2 Å². The van der Waals surface area contributed by atoms with Crippen LogP contribution in [-0.4, -0.2) is 58.4 Å². The number of aryl methyl sites for hydroxylation is 1. The minimum atomic E-state index is -0.658.